The number of fused-ring (bicyclic) bond motifs is 3. The molecule has 0 fully saturated rings. The first-order valence-corrected chi connectivity index (χ1v) is 11.4. The Morgan fingerprint density at radius 3 is 2.91 bits per heavy atom. The Kier molecular flexibility index (Phi) is 6.37. The maximum absolute atomic E-state index is 13.1. The molecule has 0 atom stereocenters. The van der Waals surface area contributed by atoms with Crippen LogP contribution in [0.2, 0.25) is 0 Å². The van der Waals surface area contributed by atoms with Gasteiger partial charge in [-0.05, 0) is 49.4 Å². The summed E-state index contributed by atoms with van der Waals surface area (Å²) in [6.45, 7) is 0.0535. The number of hydrogen-bond acceptors (Lipinski definition) is 5. The molecule has 0 aliphatic heterocycles. The van der Waals surface area contributed by atoms with Crippen molar-refractivity contribution in [2.75, 3.05) is 18.5 Å². The van der Waals surface area contributed by atoms with Crippen LogP contribution >= 0.6 is 11.3 Å². The predicted molar refractivity (Wildman–Crippen MR) is 126 cm³/mol. The summed E-state index contributed by atoms with van der Waals surface area (Å²) in [6.07, 6.45) is 11.2. The standard InChI is InChI=1S/C24H24N4O3S/c1-3-16-7-6-8-17(13-16)28(14-20(29)25-2)21(30)11-12-27-15-26-23-22(24(27)31)18-9-4-5-10-19(18)32-23/h1,6-8,13,15H,4-5,9-12,14H2,2H3,(H,25,29). The number of aromatic nitrogens is 2. The number of aryl methyl sites for hydroxylation is 3. The van der Waals surface area contributed by atoms with Crippen LogP contribution in [0.4, 0.5) is 5.69 Å². The van der Waals surface area contributed by atoms with E-state index >= 15 is 0 Å². The van der Waals surface area contributed by atoms with Crippen LogP contribution < -0.4 is 15.8 Å². The monoisotopic (exact) mass is 448 g/mol. The first-order chi connectivity index (χ1) is 15.5. The van der Waals surface area contributed by atoms with E-state index in [1.54, 1.807) is 35.6 Å². The predicted octanol–water partition coefficient (Wildman–Crippen LogP) is 2.49. The third kappa shape index (κ3) is 4.30. The van der Waals surface area contributed by atoms with E-state index in [0.717, 1.165) is 36.1 Å². The maximum atomic E-state index is 13.1. The van der Waals surface area contributed by atoms with E-state index in [0.29, 0.717) is 16.6 Å². The molecular weight excluding hydrogens is 424 g/mol. The second kappa shape index (κ2) is 9.37. The Balaban J connectivity index is 1.58. The fourth-order valence-electron chi connectivity index (χ4n) is 4.00. The molecule has 2 heterocycles. The number of nitrogens with zero attached hydrogens (tertiary/aromatic N) is 3. The molecule has 0 bridgehead atoms. The molecule has 0 radical (unpaired) electrons. The molecule has 164 valence electrons. The molecule has 32 heavy (non-hydrogen) atoms. The first kappa shape index (κ1) is 21.8. The molecular formula is C24H24N4O3S. The largest absolute Gasteiger partial charge is 0.358 e. The summed E-state index contributed by atoms with van der Waals surface area (Å²) in [4.78, 5) is 46.2. The quantitative estimate of drug-likeness (QED) is 0.587. The van der Waals surface area contributed by atoms with E-state index in [-0.39, 0.29) is 36.9 Å². The number of benzene rings is 1. The molecule has 2 aromatic heterocycles. The second-order valence-corrected chi connectivity index (χ2v) is 8.82. The van der Waals surface area contributed by atoms with E-state index in [2.05, 4.69) is 16.2 Å². The van der Waals surface area contributed by atoms with Gasteiger partial charge in [0.2, 0.25) is 11.8 Å². The molecule has 8 heteroatoms. The van der Waals surface area contributed by atoms with E-state index in [1.165, 1.54) is 27.7 Å². The van der Waals surface area contributed by atoms with Gasteiger partial charge in [-0.15, -0.1) is 17.8 Å². The van der Waals surface area contributed by atoms with Crippen LogP contribution in [0.1, 0.15) is 35.3 Å². The minimum atomic E-state index is -0.297. The summed E-state index contributed by atoms with van der Waals surface area (Å²) in [5.41, 5.74) is 2.18. The smallest absolute Gasteiger partial charge is 0.262 e. The third-order valence-corrected chi connectivity index (χ3v) is 6.91. The molecule has 1 aromatic carbocycles. The van der Waals surface area contributed by atoms with Crippen LogP contribution in [0.3, 0.4) is 0 Å². The highest BCUT2D eigenvalue weighted by atomic mass is 32.1. The van der Waals surface area contributed by atoms with Crippen LogP contribution in [0.5, 0.6) is 0 Å². The summed E-state index contributed by atoms with van der Waals surface area (Å²) in [7, 11) is 1.52. The number of rotatable bonds is 6. The molecule has 0 saturated carbocycles. The average molecular weight is 449 g/mol. The highest BCUT2D eigenvalue weighted by Crippen LogP contribution is 2.33. The van der Waals surface area contributed by atoms with Crippen molar-refractivity contribution in [3.63, 3.8) is 0 Å². The molecule has 1 aliphatic carbocycles. The van der Waals surface area contributed by atoms with E-state index in [9.17, 15) is 14.4 Å². The first-order valence-electron chi connectivity index (χ1n) is 10.6. The summed E-state index contributed by atoms with van der Waals surface area (Å²) in [5, 5.41) is 3.24. The van der Waals surface area contributed by atoms with Crippen LogP contribution in [-0.4, -0.2) is 35.0 Å². The Morgan fingerprint density at radius 1 is 1.31 bits per heavy atom. The van der Waals surface area contributed by atoms with Crippen molar-refractivity contribution in [1.82, 2.24) is 14.9 Å². The van der Waals surface area contributed by atoms with Crippen LogP contribution in [-0.2, 0) is 29.0 Å². The molecule has 7 nitrogen and oxygen atoms in total. The van der Waals surface area contributed by atoms with Gasteiger partial charge in [-0.2, -0.15) is 0 Å². The normalized spacial score (nSPS) is 12.8. The zero-order valence-corrected chi connectivity index (χ0v) is 18.7. The number of nitrogens with one attached hydrogen (secondary N) is 1. The van der Waals surface area contributed by atoms with Crippen molar-refractivity contribution in [3.8, 4) is 12.3 Å². The molecule has 1 N–H and O–H groups in total. The summed E-state index contributed by atoms with van der Waals surface area (Å²) in [6, 6.07) is 6.93. The lowest BCUT2D eigenvalue weighted by Gasteiger charge is -2.22. The van der Waals surface area contributed by atoms with Gasteiger partial charge >= 0.3 is 0 Å². The number of anilines is 1. The van der Waals surface area contributed by atoms with Crippen LogP contribution in [0.15, 0.2) is 35.4 Å². The molecule has 4 rings (SSSR count). The minimum absolute atomic E-state index is 0.0523. The zero-order valence-electron chi connectivity index (χ0n) is 17.9. The van der Waals surface area contributed by atoms with Crippen LogP contribution in [0.25, 0.3) is 10.2 Å². The van der Waals surface area contributed by atoms with E-state index in [1.807, 2.05) is 0 Å². The van der Waals surface area contributed by atoms with Crippen molar-refractivity contribution in [3.05, 3.63) is 57.0 Å². The third-order valence-electron chi connectivity index (χ3n) is 5.71. The Morgan fingerprint density at radius 2 is 2.12 bits per heavy atom. The zero-order chi connectivity index (χ0) is 22.7. The van der Waals surface area contributed by atoms with Crippen molar-refractivity contribution >= 4 is 39.1 Å². The Labute approximate surface area is 190 Å². The minimum Gasteiger partial charge on any atom is -0.358 e. The number of hydrogen-bond donors (Lipinski definition) is 1. The SMILES string of the molecule is C#Cc1cccc(N(CC(=O)NC)C(=O)CCn2cnc3sc4c(c3c2=O)CCCC4)c1. The van der Waals surface area contributed by atoms with E-state index in [4.69, 9.17) is 6.42 Å². The van der Waals surface area contributed by atoms with Gasteiger partial charge in [-0.25, -0.2) is 4.98 Å². The average Bonchev–Trinajstić information content (AvgIpc) is 3.21. The second-order valence-electron chi connectivity index (χ2n) is 7.73. The van der Waals surface area contributed by atoms with Gasteiger partial charge in [-0.1, -0.05) is 12.0 Å². The van der Waals surface area contributed by atoms with Crippen molar-refractivity contribution in [2.45, 2.75) is 38.6 Å². The van der Waals surface area contributed by atoms with Crippen molar-refractivity contribution < 1.29 is 9.59 Å². The van der Waals surface area contributed by atoms with Gasteiger partial charge in [0.25, 0.3) is 5.56 Å². The van der Waals surface area contributed by atoms with E-state index < -0.39 is 0 Å². The number of thiophene rings is 1. The fraction of sp³-hybridized carbons (Fsp3) is 0.333. The highest BCUT2D eigenvalue weighted by Gasteiger charge is 2.22. The van der Waals surface area contributed by atoms with Gasteiger partial charge in [0.15, 0.2) is 0 Å². The maximum Gasteiger partial charge on any atom is 0.262 e. The van der Waals surface area contributed by atoms with Gasteiger partial charge in [0, 0.05) is 36.1 Å². The summed E-state index contributed by atoms with van der Waals surface area (Å²) >= 11 is 1.60. The number of carbonyl (C=O) groups excluding carboxylic acids is 2. The van der Waals surface area contributed by atoms with Gasteiger partial charge in [-0.3, -0.25) is 19.0 Å². The summed E-state index contributed by atoms with van der Waals surface area (Å²) in [5.74, 6) is 1.97. The van der Waals surface area contributed by atoms with Crippen molar-refractivity contribution in [1.29, 1.82) is 0 Å². The number of carbonyl (C=O) groups is 2. The summed E-state index contributed by atoms with van der Waals surface area (Å²) < 4.78 is 1.50. The number of likely N-dealkylation sites (N-methyl/N-ethyl adjacent to an activating group) is 1. The van der Waals surface area contributed by atoms with Crippen molar-refractivity contribution in [2.24, 2.45) is 0 Å². The van der Waals surface area contributed by atoms with Gasteiger partial charge < -0.3 is 10.2 Å². The Hall–Kier alpha value is -3.44. The Bertz CT molecular complexity index is 1280. The van der Waals surface area contributed by atoms with Crippen LogP contribution in [0, 0.1) is 12.3 Å². The fourth-order valence-corrected chi connectivity index (χ4v) is 5.22. The molecule has 0 unspecified atom stereocenters. The van der Waals surface area contributed by atoms with Gasteiger partial charge in [0.1, 0.15) is 11.4 Å². The lowest BCUT2D eigenvalue weighted by molar-refractivity contribution is -0.123. The molecule has 3 aromatic rings. The van der Waals surface area contributed by atoms with Gasteiger partial charge in [0.05, 0.1) is 11.7 Å². The topological polar surface area (TPSA) is 84.3 Å². The molecule has 2 amide bonds. The lowest BCUT2D eigenvalue weighted by Crippen LogP contribution is -2.40. The highest BCUT2D eigenvalue weighted by molar-refractivity contribution is 7.18. The lowest BCUT2D eigenvalue weighted by atomic mass is 9.97. The molecule has 0 saturated heterocycles. The molecule has 1 aliphatic rings. The number of amides is 2. The molecule has 0 spiro atoms. The number of terminal acetylenes is 1.